The van der Waals surface area contributed by atoms with Crippen LogP contribution < -0.4 is 0 Å². The van der Waals surface area contributed by atoms with Crippen LogP contribution in [0.25, 0.3) is 0 Å². The lowest BCUT2D eigenvalue weighted by atomic mass is 9.87. The summed E-state index contributed by atoms with van der Waals surface area (Å²) in [6.45, 7) is 3.61. The second-order valence-electron chi connectivity index (χ2n) is 5.55. The Bertz CT molecular complexity index is 481. The zero-order chi connectivity index (χ0) is 14.4. The average Bonchev–Trinajstić information content (AvgIpc) is 2.49. The fourth-order valence-electron chi connectivity index (χ4n) is 2.61. The Morgan fingerprint density at radius 1 is 1.35 bits per heavy atom. The van der Waals surface area contributed by atoms with Crippen LogP contribution in [0.15, 0.2) is 24.3 Å². The number of ether oxygens (including phenoxy) is 1. The van der Waals surface area contributed by atoms with Gasteiger partial charge in [-0.3, -0.25) is 4.79 Å². The number of nitriles is 1. The highest BCUT2D eigenvalue weighted by Crippen LogP contribution is 2.24. The molecule has 0 saturated carbocycles. The molecule has 1 aromatic carbocycles. The normalized spacial score (nSPS) is 17.4. The lowest BCUT2D eigenvalue weighted by Gasteiger charge is -2.22. The van der Waals surface area contributed by atoms with E-state index in [0.717, 1.165) is 38.0 Å². The van der Waals surface area contributed by atoms with Gasteiger partial charge in [-0.25, -0.2) is 0 Å². The lowest BCUT2D eigenvalue weighted by Crippen LogP contribution is -2.19. The predicted octanol–water partition coefficient (Wildman–Crippen LogP) is 3.52. The molecule has 3 nitrogen and oxygen atoms in total. The van der Waals surface area contributed by atoms with Gasteiger partial charge in [0.25, 0.3) is 0 Å². The molecule has 1 heterocycles. The molecule has 1 fully saturated rings. The molecular formula is C17H21NO2. The highest BCUT2D eigenvalue weighted by molar-refractivity contribution is 5.99. The summed E-state index contributed by atoms with van der Waals surface area (Å²) >= 11 is 0. The predicted molar refractivity (Wildman–Crippen MR) is 77.4 cm³/mol. The van der Waals surface area contributed by atoms with Crippen molar-refractivity contribution in [3.05, 3.63) is 35.4 Å². The maximum atomic E-state index is 12.3. The van der Waals surface area contributed by atoms with Gasteiger partial charge in [-0.1, -0.05) is 29.8 Å². The van der Waals surface area contributed by atoms with Crippen LogP contribution in [0.4, 0.5) is 0 Å². The van der Waals surface area contributed by atoms with Crippen molar-refractivity contribution in [3.63, 3.8) is 0 Å². The monoisotopic (exact) mass is 271 g/mol. The molecule has 1 aliphatic heterocycles. The number of hydrogen-bond acceptors (Lipinski definition) is 3. The summed E-state index contributed by atoms with van der Waals surface area (Å²) < 4.78 is 5.33. The second-order valence-corrected chi connectivity index (χ2v) is 5.55. The molecule has 106 valence electrons. The number of benzene rings is 1. The zero-order valence-electron chi connectivity index (χ0n) is 12.0. The average molecular weight is 271 g/mol. The minimum Gasteiger partial charge on any atom is -0.381 e. The fraction of sp³-hybridized carbons (Fsp3) is 0.529. The van der Waals surface area contributed by atoms with Crippen molar-refractivity contribution < 1.29 is 9.53 Å². The molecule has 0 amide bonds. The number of Topliss-reactive ketones (excluding diaryl/α,β-unsaturated/α-hetero) is 1. The Hall–Kier alpha value is -1.66. The maximum absolute atomic E-state index is 12.3. The second kappa shape index (κ2) is 7.21. The lowest BCUT2D eigenvalue weighted by molar-refractivity contribution is 0.0620. The first-order valence-electron chi connectivity index (χ1n) is 7.29. The summed E-state index contributed by atoms with van der Waals surface area (Å²) in [5, 5.41) is 9.25. The van der Waals surface area contributed by atoms with Crippen LogP contribution >= 0.6 is 0 Å². The number of carbonyl (C=O) groups excluding carboxylic acids is 1. The number of carbonyl (C=O) groups is 1. The molecule has 1 aliphatic rings. The van der Waals surface area contributed by atoms with Gasteiger partial charge < -0.3 is 4.74 Å². The van der Waals surface area contributed by atoms with Crippen molar-refractivity contribution in [1.29, 1.82) is 5.26 Å². The quantitative estimate of drug-likeness (QED) is 0.770. The molecule has 2 rings (SSSR count). The Labute approximate surface area is 120 Å². The smallest absolute Gasteiger partial charge is 0.179 e. The first-order valence-corrected chi connectivity index (χ1v) is 7.29. The minimum absolute atomic E-state index is 0.0421. The van der Waals surface area contributed by atoms with Crippen LogP contribution in [0, 0.1) is 30.1 Å². The van der Waals surface area contributed by atoms with E-state index in [2.05, 4.69) is 6.07 Å². The first kappa shape index (κ1) is 14.7. The Morgan fingerprint density at radius 2 is 2.00 bits per heavy atom. The van der Waals surface area contributed by atoms with Gasteiger partial charge in [-0.2, -0.15) is 5.26 Å². The van der Waals surface area contributed by atoms with Gasteiger partial charge in [-0.05, 0) is 38.5 Å². The van der Waals surface area contributed by atoms with Crippen LogP contribution in [-0.2, 0) is 4.74 Å². The van der Waals surface area contributed by atoms with Gasteiger partial charge >= 0.3 is 0 Å². The molecule has 20 heavy (non-hydrogen) atoms. The van der Waals surface area contributed by atoms with Crippen molar-refractivity contribution in [1.82, 2.24) is 0 Å². The minimum atomic E-state index is -0.513. The molecule has 1 atom stereocenters. The summed E-state index contributed by atoms with van der Waals surface area (Å²) in [5.41, 5.74) is 1.77. The van der Waals surface area contributed by atoms with Gasteiger partial charge in [-0.15, -0.1) is 0 Å². The molecule has 0 aliphatic carbocycles. The number of nitrogens with zero attached hydrogens (tertiary/aromatic N) is 1. The van der Waals surface area contributed by atoms with Crippen LogP contribution in [-0.4, -0.2) is 19.0 Å². The number of aryl methyl sites for hydroxylation is 1. The van der Waals surface area contributed by atoms with Crippen molar-refractivity contribution in [2.24, 2.45) is 11.8 Å². The van der Waals surface area contributed by atoms with Crippen LogP contribution in [0.2, 0.25) is 0 Å². The molecule has 0 radical (unpaired) electrons. The first-order chi connectivity index (χ1) is 9.70. The van der Waals surface area contributed by atoms with Crippen molar-refractivity contribution in [3.8, 4) is 6.07 Å². The number of rotatable bonds is 5. The summed E-state index contributed by atoms with van der Waals surface area (Å²) in [7, 11) is 0. The van der Waals surface area contributed by atoms with Gasteiger partial charge in [0.2, 0.25) is 0 Å². The molecule has 1 aromatic rings. The van der Waals surface area contributed by atoms with E-state index in [9.17, 15) is 10.1 Å². The Kier molecular flexibility index (Phi) is 5.31. The standard InChI is InChI=1S/C17H21NO2/c1-13-2-5-15(6-3-13)17(19)16(12-18)7-4-14-8-10-20-11-9-14/h2-3,5-6,14,16H,4,7-11H2,1H3. The molecule has 3 heteroatoms. The molecule has 0 bridgehead atoms. The van der Waals surface area contributed by atoms with E-state index in [1.165, 1.54) is 0 Å². The van der Waals surface area contributed by atoms with E-state index in [1.807, 2.05) is 31.2 Å². The van der Waals surface area contributed by atoms with Gasteiger partial charge in [0.05, 0.1) is 6.07 Å². The maximum Gasteiger partial charge on any atom is 0.179 e. The van der Waals surface area contributed by atoms with Crippen molar-refractivity contribution in [2.45, 2.75) is 32.6 Å². The third-order valence-corrected chi connectivity index (χ3v) is 4.01. The van der Waals surface area contributed by atoms with E-state index >= 15 is 0 Å². The SMILES string of the molecule is Cc1ccc(C(=O)C(C#N)CCC2CCOCC2)cc1. The summed E-state index contributed by atoms with van der Waals surface area (Å²) in [6.07, 6.45) is 3.71. The Morgan fingerprint density at radius 3 is 2.60 bits per heavy atom. The van der Waals surface area contributed by atoms with Gasteiger partial charge in [0, 0.05) is 18.8 Å². The summed E-state index contributed by atoms with van der Waals surface area (Å²) in [4.78, 5) is 12.3. The largest absolute Gasteiger partial charge is 0.381 e. The molecule has 0 spiro atoms. The molecule has 1 saturated heterocycles. The highest BCUT2D eigenvalue weighted by Gasteiger charge is 2.22. The van der Waals surface area contributed by atoms with Crippen LogP contribution in [0.1, 0.15) is 41.6 Å². The summed E-state index contributed by atoms with van der Waals surface area (Å²) in [6, 6.07) is 9.64. The van der Waals surface area contributed by atoms with E-state index in [-0.39, 0.29) is 5.78 Å². The number of ketones is 1. The molecule has 1 unspecified atom stereocenters. The van der Waals surface area contributed by atoms with Crippen molar-refractivity contribution >= 4 is 5.78 Å². The molecule has 0 N–H and O–H groups in total. The van der Waals surface area contributed by atoms with Crippen LogP contribution in [0.5, 0.6) is 0 Å². The fourth-order valence-corrected chi connectivity index (χ4v) is 2.61. The van der Waals surface area contributed by atoms with Gasteiger partial charge in [0.1, 0.15) is 5.92 Å². The van der Waals surface area contributed by atoms with E-state index in [4.69, 9.17) is 4.74 Å². The topological polar surface area (TPSA) is 50.1 Å². The van der Waals surface area contributed by atoms with Crippen molar-refractivity contribution in [2.75, 3.05) is 13.2 Å². The van der Waals surface area contributed by atoms with Gasteiger partial charge in [0.15, 0.2) is 5.78 Å². The zero-order valence-corrected chi connectivity index (χ0v) is 12.0. The van der Waals surface area contributed by atoms with E-state index < -0.39 is 5.92 Å². The molecule has 0 aromatic heterocycles. The van der Waals surface area contributed by atoms with E-state index in [0.29, 0.717) is 17.9 Å². The third-order valence-electron chi connectivity index (χ3n) is 4.01. The number of hydrogen-bond donors (Lipinski definition) is 0. The molecular weight excluding hydrogens is 250 g/mol. The Balaban J connectivity index is 1.92. The van der Waals surface area contributed by atoms with E-state index in [1.54, 1.807) is 0 Å². The van der Waals surface area contributed by atoms with Crippen LogP contribution in [0.3, 0.4) is 0 Å². The highest BCUT2D eigenvalue weighted by atomic mass is 16.5. The summed E-state index contributed by atoms with van der Waals surface area (Å²) in [5.74, 6) is 0.0468. The third kappa shape index (κ3) is 3.91.